The Morgan fingerprint density at radius 1 is 1.20 bits per heavy atom. The summed E-state index contributed by atoms with van der Waals surface area (Å²) in [6.07, 6.45) is -2.43. The fraction of sp³-hybridized carbons (Fsp3) is 0.346. The number of allylic oxidation sites excluding steroid dienone is 1. The fourth-order valence-electron chi connectivity index (χ4n) is 3.85. The van der Waals surface area contributed by atoms with Gasteiger partial charge in [0.25, 0.3) is 5.56 Å². The zero-order valence-electron chi connectivity index (χ0n) is 21.8. The molecule has 0 bridgehead atoms. The summed E-state index contributed by atoms with van der Waals surface area (Å²) in [6, 6.07) is 6.52. The molecule has 0 aliphatic heterocycles. The number of benzene rings is 1. The molecule has 2 aromatic heterocycles. The van der Waals surface area contributed by atoms with Gasteiger partial charge in [-0.3, -0.25) is 14.4 Å². The lowest BCUT2D eigenvalue weighted by molar-refractivity contribution is -0.134. The largest absolute Gasteiger partial charge is 0.465 e. The quantitative estimate of drug-likeness (QED) is 0.264. The number of aromatic nitrogens is 3. The fourth-order valence-corrected chi connectivity index (χ4v) is 3.85. The third kappa shape index (κ3) is 8.44. The number of rotatable bonds is 11. The second-order valence-corrected chi connectivity index (χ2v) is 9.17. The van der Waals surface area contributed by atoms with Crippen LogP contribution in [0.25, 0.3) is 11.0 Å². The van der Waals surface area contributed by atoms with Crippen molar-refractivity contribution in [2.45, 2.75) is 44.4 Å². The number of anilines is 1. The Kier molecular flexibility index (Phi) is 9.69. The van der Waals surface area contributed by atoms with Crippen LogP contribution in [-0.4, -0.2) is 68.8 Å². The highest BCUT2D eigenvalue weighted by molar-refractivity contribution is 5.96. The molecular weight excluding hydrogens is 533 g/mol. The number of pyridine rings is 1. The lowest BCUT2D eigenvalue weighted by Crippen LogP contribution is -2.44. The number of hydrogen-bond acceptors (Lipinski definition) is 5. The smallest absolute Gasteiger partial charge is 0.405 e. The van der Waals surface area contributed by atoms with E-state index in [1.807, 2.05) is 0 Å². The van der Waals surface area contributed by atoms with Crippen molar-refractivity contribution in [1.82, 2.24) is 24.8 Å². The average molecular weight is 563 g/mol. The molecule has 1 atom stereocenters. The van der Waals surface area contributed by atoms with Crippen LogP contribution < -0.4 is 16.2 Å². The number of imidazole rings is 1. The molecule has 214 valence electrons. The number of nitrogens with one attached hydrogen (secondary N) is 3. The Morgan fingerprint density at radius 2 is 1.95 bits per heavy atom. The minimum Gasteiger partial charge on any atom is -0.465 e. The van der Waals surface area contributed by atoms with E-state index in [0.717, 1.165) is 0 Å². The van der Waals surface area contributed by atoms with Gasteiger partial charge in [0.15, 0.2) is 0 Å². The monoisotopic (exact) mass is 562 g/mol. The molecule has 14 heteroatoms. The van der Waals surface area contributed by atoms with Crippen LogP contribution in [0.1, 0.15) is 30.7 Å². The third-order valence-corrected chi connectivity index (χ3v) is 5.86. The van der Waals surface area contributed by atoms with Crippen LogP contribution in [0.15, 0.2) is 53.5 Å². The van der Waals surface area contributed by atoms with Gasteiger partial charge in [0.2, 0.25) is 11.8 Å². The third-order valence-electron chi connectivity index (χ3n) is 5.86. The summed E-state index contributed by atoms with van der Waals surface area (Å²) in [5, 5.41) is 13.7. The molecule has 0 spiro atoms. The first-order valence-electron chi connectivity index (χ1n) is 12.2. The van der Waals surface area contributed by atoms with Gasteiger partial charge in [0.1, 0.15) is 17.6 Å². The van der Waals surface area contributed by atoms with Crippen LogP contribution in [0, 0.1) is 0 Å². The zero-order valence-corrected chi connectivity index (χ0v) is 21.8. The summed E-state index contributed by atoms with van der Waals surface area (Å²) in [6.45, 7) is -0.0581. The molecule has 0 radical (unpaired) electrons. The molecule has 3 aromatic rings. The molecule has 0 aliphatic rings. The number of likely N-dealkylation sites (N-methyl/N-ethyl adjacent to an activating group) is 1. The summed E-state index contributed by atoms with van der Waals surface area (Å²) < 4.78 is 39.4. The molecule has 0 aliphatic carbocycles. The van der Waals surface area contributed by atoms with Crippen molar-refractivity contribution >= 4 is 34.6 Å². The van der Waals surface area contributed by atoms with E-state index in [-0.39, 0.29) is 37.4 Å². The van der Waals surface area contributed by atoms with Gasteiger partial charge in [-0.25, -0.2) is 9.78 Å². The predicted molar refractivity (Wildman–Crippen MR) is 141 cm³/mol. The number of aromatic amines is 1. The number of alkyl halides is 3. The highest BCUT2D eigenvalue weighted by Gasteiger charge is 2.27. The lowest BCUT2D eigenvalue weighted by atomic mass is 10.1. The standard InChI is InChI=1S/C26H29F3N6O5/c1-34(2)21(36)11-4-3-8-18(32-25(39)40)23(37)31-19-10-6-14-35(24(19)38)15-20-30-17-9-5-7-16(22(17)33-20)12-13-26(27,28)29/h4-7,9-11,14,18,32H,3,8,12-13,15H2,1-2H3,(H,30,33)(H,31,37)(H,39,40)/b11-4+/t18-/m0/s1. The van der Waals surface area contributed by atoms with Crippen molar-refractivity contribution in [3.05, 3.63) is 70.4 Å². The van der Waals surface area contributed by atoms with Crippen LogP contribution in [0.3, 0.4) is 0 Å². The van der Waals surface area contributed by atoms with Crippen molar-refractivity contribution in [1.29, 1.82) is 0 Å². The normalized spacial score (nSPS) is 12.4. The highest BCUT2D eigenvalue weighted by Crippen LogP contribution is 2.25. The van der Waals surface area contributed by atoms with Crippen LogP contribution in [-0.2, 0) is 22.6 Å². The topological polar surface area (TPSA) is 149 Å². The average Bonchev–Trinajstić information content (AvgIpc) is 3.29. The van der Waals surface area contributed by atoms with Gasteiger partial charge in [-0.05, 0) is 49.1 Å². The molecule has 40 heavy (non-hydrogen) atoms. The molecule has 0 unspecified atom stereocenters. The van der Waals surface area contributed by atoms with Crippen LogP contribution in [0.2, 0.25) is 0 Å². The van der Waals surface area contributed by atoms with E-state index in [2.05, 4.69) is 20.6 Å². The summed E-state index contributed by atoms with van der Waals surface area (Å²) in [4.78, 5) is 57.4. The second-order valence-electron chi connectivity index (χ2n) is 9.17. The molecule has 0 fully saturated rings. The number of carboxylic acid groups (broad SMARTS) is 1. The Balaban J connectivity index is 1.74. The minimum absolute atomic E-state index is 0.0338. The molecule has 2 heterocycles. The Labute approximate surface area is 226 Å². The molecule has 4 N–H and O–H groups in total. The number of amides is 3. The van der Waals surface area contributed by atoms with E-state index in [4.69, 9.17) is 5.11 Å². The van der Waals surface area contributed by atoms with Gasteiger partial charge in [0, 0.05) is 26.7 Å². The van der Waals surface area contributed by atoms with E-state index in [0.29, 0.717) is 22.4 Å². The number of para-hydroxylation sites is 1. The van der Waals surface area contributed by atoms with E-state index in [1.165, 1.54) is 39.9 Å². The van der Waals surface area contributed by atoms with Gasteiger partial charge in [-0.1, -0.05) is 18.2 Å². The zero-order chi connectivity index (χ0) is 29.4. The Morgan fingerprint density at radius 3 is 2.62 bits per heavy atom. The molecule has 3 rings (SSSR count). The molecule has 0 saturated heterocycles. The Hall–Kier alpha value is -4.62. The van der Waals surface area contributed by atoms with E-state index in [9.17, 15) is 32.3 Å². The molecule has 3 amide bonds. The van der Waals surface area contributed by atoms with Crippen molar-refractivity contribution in [2.24, 2.45) is 0 Å². The van der Waals surface area contributed by atoms with Crippen molar-refractivity contribution in [3.8, 4) is 0 Å². The van der Waals surface area contributed by atoms with Gasteiger partial charge in [-0.15, -0.1) is 0 Å². The summed E-state index contributed by atoms with van der Waals surface area (Å²) >= 11 is 0. The summed E-state index contributed by atoms with van der Waals surface area (Å²) in [7, 11) is 3.15. The van der Waals surface area contributed by atoms with Crippen LogP contribution in [0.4, 0.5) is 23.7 Å². The van der Waals surface area contributed by atoms with Gasteiger partial charge in [0.05, 0.1) is 17.6 Å². The molecule has 0 saturated carbocycles. The van der Waals surface area contributed by atoms with Crippen molar-refractivity contribution in [3.63, 3.8) is 0 Å². The molecular formula is C26H29F3N6O5. The second kappa shape index (κ2) is 13.0. The van der Waals surface area contributed by atoms with Gasteiger partial charge in [-0.2, -0.15) is 13.2 Å². The van der Waals surface area contributed by atoms with Gasteiger partial charge >= 0.3 is 12.3 Å². The summed E-state index contributed by atoms with van der Waals surface area (Å²) in [5.74, 6) is -0.703. The first kappa shape index (κ1) is 29.9. The lowest BCUT2D eigenvalue weighted by Gasteiger charge is -2.16. The highest BCUT2D eigenvalue weighted by atomic mass is 19.4. The number of carbonyl (C=O) groups is 3. The number of fused-ring (bicyclic) bond motifs is 1. The van der Waals surface area contributed by atoms with E-state index >= 15 is 0 Å². The molecule has 1 aromatic carbocycles. The summed E-state index contributed by atoms with van der Waals surface area (Å²) in [5.41, 5.74) is 0.618. The predicted octanol–water partition coefficient (Wildman–Crippen LogP) is 3.27. The number of nitrogens with zero attached hydrogens (tertiary/aromatic N) is 3. The van der Waals surface area contributed by atoms with Crippen LogP contribution >= 0.6 is 0 Å². The minimum atomic E-state index is -4.31. The van der Waals surface area contributed by atoms with E-state index < -0.39 is 36.2 Å². The maximum absolute atomic E-state index is 13.0. The molecule has 11 nitrogen and oxygen atoms in total. The number of aryl methyl sites for hydroxylation is 1. The Bertz CT molecular complexity index is 1460. The van der Waals surface area contributed by atoms with E-state index in [1.54, 1.807) is 32.3 Å². The van der Waals surface area contributed by atoms with Crippen molar-refractivity contribution < 1.29 is 32.7 Å². The maximum Gasteiger partial charge on any atom is 0.405 e. The van der Waals surface area contributed by atoms with Crippen molar-refractivity contribution in [2.75, 3.05) is 19.4 Å². The number of carbonyl (C=O) groups excluding carboxylic acids is 2. The number of hydrogen-bond donors (Lipinski definition) is 4. The SMILES string of the molecule is CN(C)C(=O)/C=C/CC[C@H](NC(=O)O)C(=O)Nc1cccn(Cc2nc3c(CCC(F)(F)F)cccc3[nH]2)c1=O. The first-order chi connectivity index (χ1) is 18.8. The number of H-pyrrole nitrogens is 1. The van der Waals surface area contributed by atoms with Gasteiger partial charge < -0.3 is 30.2 Å². The van der Waals surface area contributed by atoms with Crippen LogP contribution in [0.5, 0.6) is 0 Å². The number of halogens is 3. The first-order valence-corrected chi connectivity index (χ1v) is 12.2. The maximum atomic E-state index is 13.0.